The van der Waals surface area contributed by atoms with Gasteiger partial charge in [0.15, 0.2) is 0 Å². The minimum absolute atomic E-state index is 0.0634. The monoisotopic (exact) mass is 209 g/mol. The third-order valence-corrected chi connectivity index (χ3v) is 3.18. The van der Waals surface area contributed by atoms with Crippen LogP contribution in [0, 0.1) is 5.41 Å². The fraction of sp³-hybridized carbons (Fsp3) is 0.667. The number of hydrogen-bond donors (Lipinski definition) is 1. The van der Waals surface area contributed by atoms with Crippen molar-refractivity contribution in [3.8, 4) is 0 Å². The first kappa shape index (κ1) is 10.9. The zero-order valence-electron chi connectivity index (χ0n) is 9.06. The summed E-state index contributed by atoms with van der Waals surface area (Å²) in [7, 11) is 0. The van der Waals surface area contributed by atoms with Crippen LogP contribution in [0.1, 0.15) is 6.42 Å². The number of rotatable bonds is 3. The molecule has 1 saturated heterocycles. The van der Waals surface area contributed by atoms with E-state index in [1.54, 1.807) is 0 Å². The average Bonchev–Trinajstić information content (AvgIpc) is 2.32. The number of morpholine rings is 1. The largest absolute Gasteiger partial charge is 0.395 e. The maximum Gasteiger partial charge on any atom is 0.0594 e. The van der Waals surface area contributed by atoms with E-state index in [0.717, 1.165) is 39.3 Å². The molecular formula is C12H19NO2. The first-order valence-electron chi connectivity index (χ1n) is 5.60. The normalized spacial score (nSPS) is 32.1. The number of ether oxygens (including phenoxy) is 1. The Kier molecular flexibility index (Phi) is 3.57. The minimum atomic E-state index is -0.0634. The second-order valence-electron chi connectivity index (χ2n) is 4.40. The molecule has 1 N–H and O–H groups in total. The Labute approximate surface area is 91.0 Å². The molecule has 2 rings (SSSR count). The molecule has 0 aromatic carbocycles. The van der Waals surface area contributed by atoms with Gasteiger partial charge in [-0.3, -0.25) is 4.90 Å². The lowest BCUT2D eigenvalue weighted by Crippen LogP contribution is -2.44. The summed E-state index contributed by atoms with van der Waals surface area (Å²) in [6.45, 7) is 4.78. The molecule has 0 amide bonds. The number of allylic oxidation sites excluding steroid dienone is 3. The van der Waals surface area contributed by atoms with E-state index in [1.807, 2.05) is 12.2 Å². The van der Waals surface area contributed by atoms with E-state index < -0.39 is 0 Å². The van der Waals surface area contributed by atoms with Crippen molar-refractivity contribution in [2.24, 2.45) is 5.41 Å². The predicted octanol–water partition coefficient (Wildman–Crippen LogP) is 0.813. The van der Waals surface area contributed by atoms with E-state index in [-0.39, 0.29) is 12.0 Å². The molecule has 1 aliphatic carbocycles. The van der Waals surface area contributed by atoms with Crippen LogP contribution in [-0.4, -0.2) is 49.5 Å². The summed E-state index contributed by atoms with van der Waals surface area (Å²) < 4.78 is 5.32. The molecule has 1 heterocycles. The summed E-state index contributed by atoms with van der Waals surface area (Å²) >= 11 is 0. The molecule has 0 spiro atoms. The van der Waals surface area contributed by atoms with E-state index in [0.29, 0.717) is 0 Å². The first-order chi connectivity index (χ1) is 7.35. The molecule has 0 aromatic rings. The Bertz CT molecular complexity index is 256. The molecule has 1 atom stereocenters. The van der Waals surface area contributed by atoms with Crippen LogP contribution < -0.4 is 0 Å². The molecule has 2 aliphatic rings. The lowest BCUT2D eigenvalue weighted by Gasteiger charge is -2.37. The summed E-state index contributed by atoms with van der Waals surface area (Å²) in [5.41, 5.74) is -0.0634. The molecule has 1 unspecified atom stereocenters. The van der Waals surface area contributed by atoms with Crippen molar-refractivity contribution in [1.82, 2.24) is 4.90 Å². The fourth-order valence-electron chi connectivity index (χ4n) is 2.20. The average molecular weight is 209 g/mol. The molecule has 1 fully saturated rings. The molecule has 3 nitrogen and oxygen atoms in total. The van der Waals surface area contributed by atoms with Gasteiger partial charge >= 0.3 is 0 Å². The Morgan fingerprint density at radius 3 is 2.67 bits per heavy atom. The second-order valence-corrected chi connectivity index (χ2v) is 4.40. The van der Waals surface area contributed by atoms with E-state index in [9.17, 15) is 5.11 Å². The van der Waals surface area contributed by atoms with Gasteiger partial charge in [-0.25, -0.2) is 0 Å². The van der Waals surface area contributed by atoms with Gasteiger partial charge in [0, 0.05) is 25.0 Å². The molecule has 15 heavy (non-hydrogen) atoms. The van der Waals surface area contributed by atoms with Crippen molar-refractivity contribution in [2.75, 3.05) is 39.5 Å². The maximum atomic E-state index is 9.53. The van der Waals surface area contributed by atoms with E-state index in [1.165, 1.54) is 0 Å². The van der Waals surface area contributed by atoms with Crippen LogP contribution in [0.25, 0.3) is 0 Å². The van der Waals surface area contributed by atoms with E-state index in [2.05, 4.69) is 17.1 Å². The highest BCUT2D eigenvalue weighted by molar-refractivity contribution is 5.17. The number of nitrogens with zero attached hydrogens (tertiary/aromatic N) is 1. The molecule has 84 valence electrons. The van der Waals surface area contributed by atoms with Crippen molar-refractivity contribution < 1.29 is 9.84 Å². The van der Waals surface area contributed by atoms with Crippen LogP contribution in [0.3, 0.4) is 0 Å². The third-order valence-electron chi connectivity index (χ3n) is 3.18. The molecule has 0 saturated carbocycles. The quantitative estimate of drug-likeness (QED) is 0.746. The lowest BCUT2D eigenvalue weighted by molar-refractivity contribution is 0.0136. The smallest absolute Gasteiger partial charge is 0.0594 e. The van der Waals surface area contributed by atoms with Gasteiger partial charge in [-0.05, 0) is 6.42 Å². The number of hydrogen-bond acceptors (Lipinski definition) is 3. The highest BCUT2D eigenvalue weighted by atomic mass is 16.5. The third kappa shape index (κ3) is 2.68. The first-order valence-corrected chi connectivity index (χ1v) is 5.60. The van der Waals surface area contributed by atoms with Gasteiger partial charge in [-0.15, -0.1) is 0 Å². The molecule has 0 radical (unpaired) electrons. The SMILES string of the molecule is OCC1(CN2CCOCC2)C=CC=CC1. The van der Waals surface area contributed by atoms with Crippen molar-refractivity contribution in [1.29, 1.82) is 0 Å². The molecular weight excluding hydrogens is 190 g/mol. The highest BCUT2D eigenvalue weighted by Gasteiger charge is 2.29. The Morgan fingerprint density at radius 1 is 1.27 bits per heavy atom. The van der Waals surface area contributed by atoms with Gasteiger partial charge in [-0.1, -0.05) is 24.3 Å². The van der Waals surface area contributed by atoms with Gasteiger partial charge in [0.2, 0.25) is 0 Å². The van der Waals surface area contributed by atoms with Crippen LogP contribution >= 0.6 is 0 Å². The minimum Gasteiger partial charge on any atom is -0.395 e. The standard InChI is InChI=1S/C12H19NO2/c14-11-12(4-2-1-3-5-12)10-13-6-8-15-9-7-13/h1-4,14H,5-11H2. The molecule has 0 bridgehead atoms. The van der Waals surface area contributed by atoms with Gasteiger partial charge < -0.3 is 9.84 Å². The van der Waals surface area contributed by atoms with Crippen molar-refractivity contribution in [2.45, 2.75) is 6.42 Å². The Hall–Kier alpha value is -0.640. The van der Waals surface area contributed by atoms with Crippen LogP contribution in [0.15, 0.2) is 24.3 Å². The predicted molar refractivity (Wildman–Crippen MR) is 59.7 cm³/mol. The second kappa shape index (κ2) is 4.92. The molecule has 0 aromatic heterocycles. The highest BCUT2D eigenvalue weighted by Crippen LogP contribution is 2.28. The van der Waals surface area contributed by atoms with Crippen LogP contribution in [0.5, 0.6) is 0 Å². The van der Waals surface area contributed by atoms with Crippen molar-refractivity contribution >= 4 is 0 Å². The Balaban J connectivity index is 1.94. The van der Waals surface area contributed by atoms with Crippen LogP contribution in [-0.2, 0) is 4.74 Å². The molecule has 3 heteroatoms. The van der Waals surface area contributed by atoms with Gasteiger partial charge in [0.1, 0.15) is 0 Å². The topological polar surface area (TPSA) is 32.7 Å². The summed E-state index contributed by atoms with van der Waals surface area (Å²) in [4.78, 5) is 2.38. The zero-order valence-corrected chi connectivity index (χ0v) is 9.06. The van der Waals surface area contributed by atoms with Crippen molar-refractivity contribution in [3.63, 3.8) is 0 Å². The molecule has 1 aliphatic heterocycles. The van der Waals surface area contributed by atoms with Crippen LogP contribution in [0.2, 0.25) is 0 Å². The van der Waals surface area contributed by atoms with Gasteiger partial charge in [0.05, 0.1) is 19.8 Å². The van der Waals surface area contributed by atoms with Gasteiger partial charge in [0.25, 0.3) is 0 Å². The fourth-order valence-corrected chi connectivity index (χ4v) is 2.20. The van der Waals surface area contributed by atoms with Crippen molar-refractivity contribution in [3.05, 3.63) is 24.3 Å². The van der Waals surface area contributed by atoms with Crippen LogP contribution in [0.4, 0.5) is 0 Å². The van der Waals surface area contributed by atoms with E-state index >= 15 is 0 Å². The maximum absolute atomic E-state index is 9.53. The lowest BCUT2D eigenvalue weighted by atomic mass is 9.82. The summed E-state index contributed by atoms with van der Waals surface area (Å²) in [6.07, 6.45) is 9.31. The van der Waals surface area contributed by atoms with E-state index in [4.69, 9.17) is 4.74 Å². The summed E-state index contributed by atoms with van der Waals surface area (Å²) in [6, 6.07) is 0. The zero-order chi connectivity index (χ0) is 10.6. The number of aliphatic hydroxyl groups is 1. The Morgan fingerprint density at radius 2 is 2.07 bits per heavy atom. The van der Waals surface area contributed by atoms with Gasteiger partial charge in [-0.2, -0.15) is 0 Å². The summed E-state index contributed by atoms with van der Waals surface area (Å²) in [5.74, 6) is 0. The summed E-state index contributed by atoms with van der Waals surface area (Å²) in [5, 5.41) is 9.53. The number of aliphatic hydroxyl groups excluding tert-OH is 1.